The van der Waals surface area contributed by atoms with E-state index in [4.69, 9.17) is 0 Å². The Balaban J connectivity index is 2.19. The van der Waals surface area contributed by atoms with E-state index in [2.05, 4.69) is 16.5 Å². The molecule has 0 saturated heterocycles. The highest BCUT2D eigenvalue weighted by atomic mass is 32.1. The van der Waals surface area contributed by atoms with Gasteiger partial charge in [0.1, 0.15) is 0 Å². The van der Waals surface area contributed by atoms with Gasteiger partial charge in [-0.2, -0.15) is 5.10 Å². The van der Waals surface area contributed by atoms with Gasteiger partial charge in [0.05, 0.1) is 22.8 Å². The highest BCUT2D eigenvalue weighted by Gasteiger charge is 2.08. The molecule has 0 aromatic carbocycles. The molecule has 1 amide bonds. The molecule has 0 fully saturated rings. The second kappa shape index (κ2) is 4.49. The van der Waals surface area contributed by atoms with Crippen LogP contribution in [0.3, 0.4) is 0 Å². The lowest BCUT2D eigenvalue weighted by Gasteiger charge is -1.96. The van der Waals surface area contributed by atoms with Crippen molar-refractivity contribution in [2.45, 2.75) is 13.5 Å². The number of amides is 1. The number of rotatable bonds is 3. The summed E-state index contributed by atoms with van der Waals surface area (Å²) in [4.78, 5) is 12.0. The summed E-state index contributed by atoms with van der Waals surface area (Å²) in [5.41, 5.74) is 1.96. The van der Waals surface area contributed by atoms with Crippen LogP contribution in [-0.4, -0.2) is 15.7 Å². The Labute approximate surface area is 97.9 Å². The molecule has 2 heterocycles. The third-order valence-electron chi connectivity index (χ3n) is 2.22. The largest absolute Gasteiger partial charge is 0.351 e. The first kappa shape index (κ1) is 10.9. The number of nitrogens with zero attached hydrogens (tertiary/aromatic N) is 2. The number of aryl methyl sites for hydroxylation is 1. The van der Waals surface area contributed by atoms with Crippen molar-refractivity contribution >= 4 is 17.2 Å². The topological polar surface area (TPSA) is 46.9 Å². The minimum atomic E-state index is -0.0386. The van der Waals surface area contributed by atoms with Crippen molar-refractivity contribution in [1.29, 1.82) is 0 Å². The van der Waals surface area contributed by atoms with Crippen LogP contribution >= 0.6 is 11.3 Å². The predicted molar refractivity (Wildman–Crippen MR) is 64.0 cm³/mol. The molecule has 0 aliphatic rings. The maximum atomic E-state index is 10.8. The first-order valence-corrected chi connectivity index (χ1v) is 5.86. The van der Waals surface area contributed by atoms with E-state index >= 15 is 0 Å². The average Bonchev–Trinajstić information content (AvgIpc) is 2.83. The smallest absolute Gasteiger partial charge is 0.217 e. The predicted octanol–water partition coefficient (Wildman–Crippen LogP) is 1.78. The second-order valence-corrected chi connectivity index (χ2v) is 4.48. The van der Waals surface area contributed by atoms with Crippen molar-refractivity contribution < 1.29 is 4.79 Å². The van der Waals surface area contributed by atoms with Crippen LogP contribution in [0.15, 0.2) is 23.6 Å². The summed E-state index contributed by atoms with van der Waals surface area (Å²) in [6.07, 6.45) is 0. The monoisotopic (exact) mass is 235 g/mol. The molecule has 0 bridgehead atoms. The second-order valence-electron chi connectivity index (χ2n) is 3.53. The normalized spacial score (nSPS) is 10.4. The van der Waals surface area contributed by atoms with E-state index in [0.717, 1.165) is 11.4 Å². The Morgan fingerprint density at radius 2 is 2.44 bits per heavy atom. The summed E-state index contributed by atoms with van der Waals surface area (Å²) in [7, 11) is 1.91. The molecular weight excluding hydrogens is 222 g/mol. The van der Waals surface area contributed by atoms with Crippen LogP contribution in [0.5, 0.6) is 0 Å². The minimum Gasteiger partial charge on any atom is -0.351 e. The summed E-state index contributed by atoms with van der Waals surface area (Å²) in [5, 5.41) is 9.12. The van der Waals surface area contributed by atoms with Gasteiger partial charge in [-0.15, -0.1) is 11.3 Å². The number of carbonyl (C=O) groups is 1. The van der Waals surface area contributed by atoms with Crippen LogP contribution in [0.2, 0.25) is 0 Å². The van der Waals surface area contributed by atoms with Gasteiger partial charge < -0.3 is 5.32 Å². The summed E-state index contributed by atoms with van der Waals surface area (Å²) in [5.74, 6) is -0.0386. The molecule has 0 radical (unpaired) electrons. The van der Waals surface area contributed by atoms with Crippen molar-refractivity contribution in [2.24, 2.45) is 7.05 Å². The fourth-order valence-electron chi connectivity index (χ4n) is 1.48. The van der Waals surface area contributed by atoms with Gasteiger partial charge in [-0.25, -0.2) is 0 Å². The molecule has 2 aromatic rings. The van der Waals surface area contributed by atoms with Crippen molar-refractivity contribution in [3.63, 3.8) is 0 Å². The van der Waals surface area contributed by atoms with Gasteiger partial charge in [0.15, 0.2) is 0 Å². The van der Waals surface area contributed by atoms with E-state index in [0.29, 0.717) is 6.54 Å². The lowest BCUT2D eigenvalue weighted by atomic mass is 10.3. The molecule has 0 spiro atoms. The zero-order valence-electron chi connectivity index (χ0n) is 9.23. The average molecular weight is 235 g/mol. The quantitative estimate of drug-likeness (QED) is 0.881. The molecule has 5 heteroatoms. The summed E-state index contributed by atoms with van der Waals surface area (Å²) >= 11 is 1.68. The Kier molecular flexibility index (Phi) is 3.05. The fraction of sp³-hybridized carbons (Fsp3) is 0.273. The number of hydrogen-bond donors (Lipinski definition) is 1. The lowest BCUT2D eigenvalue weighted by molar-refractivity contribution is -0.119. The van der Waals surface area contributed by atoms with Crippen LogP contribution in [0.25, 0.3) is 10.6 Å². The SMILES string of the molecule is CC(=O)NCc1cc(-c2cccs2)n(C)n1. The number of aromatic nitrogens is 2. The van der Waals surface area contributed by atoms with Gasteiger partial charge in [-0.1, -0.05) is 6.07 Å². The van der Waals surface area contributed by atoms with Crippen molar-refractivity contribution in [3.05, 3.63) is 29.3 Å². The molecule has 1 N–H and O–H groups in total. The molecular formula is C11H13N3OS. The molecule has 2 rings (SSSR count). The maximum absolute atomic E-state index is 10.8. The maximum Gasteiger partial charge on any atom is 0.217 e. The third-order valence-corrected chi connectivity index (χ3v) is 3.11. The van der Waals surface area contributed by atoms with Gasteiger partial charge in [-0.05, 0) is 17.5 Å². The van der Waals surface area contributed by atoms with Gasteiger partial charge in [0.25, 0.3) is 0 Å². The van der Waals surface area contributed by atoms with Crippen LogP contribution in [0.1, 0.15) is 12.6 Å². The molecule has 84 valence electrons. The van der Waals surface area contributed by atoms with Crippen LogP contribution < -0.4 is 5.32 Å². The van der Waals surface area contributed by atoms with E-state index in [-0.39, 0.29) is 5.91 Å². The molecule has 0 aliphatic carbocycles. The molecule has 0 saturated carbocycles. The Bertz CT molecular complexity index is 487. The summed E-state index contributed by atoms with van der Waals surface area (Å²) < 4.78 is 1.84. The minimum absolute atomic E-state index is 0.0386. The molecule has 0 unspecified atom stereocenters. The van der Waals surface area contributed by atoms with Crippen LogP contribution in [0.4, 0.5) is 0 Å². The molecule has 0 atom stereocenters. The van der Waals surface area contributed by atoms with Gasteiger partial charge >= 0.3 is 0 Å². The van der Waals surface area contributed by atoms with E-state index in [1.807, 2.05) is 29.2 Å². The van der Waals surface area contributed by atoms with E-state index < -0.39 is 0 Å². The molecule has 2 aromatic heterocycles. The number of nitrogens with one attached hydrogen (secondary N) is 1. The van der Waals surface area contributed by atoms with E-state index in [1.54, 1.807) is 11.3 Å². The zero-order chi connectivity index (χ0) is 11.5. The first-order chi connectivity index (χ1) is 7.66. The Morgan fingerprint density at radius 3 is 3.06 bits per heavy atom. The van der Waals surface area contributed by atoms with Gasteiger partial charge in [0.2, 0.25) is 5.91 Å². The van der Waals surface area contributed by atoms with Crippen molar-refractivity contribution in [3.8, 4) is 10.6 Å². The van der Waals surface area contributed by atoms with Crippen molar-refractivity contribution in [2.75, 3.05) is 0 Å². The summed E-state index contributed by atoms with van der Waals surface area (Å²) in [6.45, 7) is 1.98. The Hall–Kier alpha value is -1.62. The zero-order valence-corrected chi connectivity index (χ0v) is 10.0. The Morgan fingerprint density at radius 1 is 1.62 bits per heavy atom. The number of carbonyl (C=O) groups excluding carboxylic acids is 1. The number of thiophene rings is 1. The van der Waals surface area contributed by atoms with Crippen LogP contribution in [0, 0.1) is 0 Å². The molecule has 0 aliphatic heterocycles. The van der Waals surface area contributed by atoms with E-state index in [9.17, 15) is 4.79 Å². The summed E-state index contributed by atoms with van der Waals surface area (Å²) in [6, 6.07) is 6.08. The highest BCUT2D eigenvalue weighted by molar-refractivity contribution is 7.13. The first-order valence-electron chi connectivity index (χ1n) is 4.98. The van der Waals surface area contributed by atoms with Crippen molar-refractivity contribution in [1.82, 2.24) is 15.1 Å². The van der Waals surface area contributed by atoms with Gasteiger partial charge in [-0.3, -0.25) is 9.48 Å². The number of hydrogen-bond acceptors (Lipinski definition) is 3. The fourth-order valence-corrected chi connectivity index (χ4v) is 2.26. The third kappa shape index (κ3) is 2.30. The lowest BCUT2D eigenvalue weighted by Crippen LogP contribution is -2.19. The highest BCUT2D eigenvalue weighted by Crippen LogP contribution is 2.24. The standard InChI is InChI=1S/C11H13N3OS/c1-8(15)12-7-9-6-10(14(2)13-9)11-4-3-5-16-11/h3-6H,7H2,1-2H3,(H,12,15). The molecule has 16 heavy (non-hydrogen) atoms. The van der Waals surface area contributed by atoms with E-state index in [1.165, 1.54) is 11.8 Å². The molecule has 4 nitrogen and oxygen atoms in total. The van der Waals surface area contributed by atoms with Gasteiger partial charge in [0, 0.05) is 14.0 Å². The van der Waals surface area contributed by atoms with Crippen LogP contribution in [-0.2, 0) is 18.4 Å².